The van der Waals surface area contributed by atoms with Crippen molar-refractivity contribution in [2.75, 3.05) is 23.3 Å². The molecule has 1 atom stereocenters. The van der Waals surface area contributed by atoms with Crippen molar-refractivity contribution in [3.8, 4) is 0 Å². The third kappa shape index (κ3) is 5.34. The molecule has 0 radical (unpaired) electrons. The van der Waals surface area contributed by atoms with Crippen molar-refractivity contribution in [2.24, 2.45) is 0 Å². The third-order valence-corrected chi connectivity index (χ3v) is 4.86. The standard InChI is InChI=1S/C19H22Cl2N4O2/c1-4-25(5-2)16-10-9-13(11-22-16)24-18(26)12(3)23-19(27)14-7-6-8-15(20)17(14)21/h6-12H,4-5H2,1-3H3,(H,23,27)(H,24,26). The highest BCUT2D eigenvalue weighted by Gasteiger charge is 2.19. The first kappa shape index (κ1) is 21.0. The van der Waals surface area contributed by atoms with Gasteiger partial charge in [0.05, 0.1) is 27.5 Å². The molecule has 1 unspecified atom stereocenters. The molecule has 0 saturated carbocycles. The molecule has 27 heavy (non-hydrogen) atoms. The SMILES string of the molecule is CCN(CC)c1ccc(NC(=O)C(C)NC(=O)c2cccc(Cl)c2Cl)cn1. The maximum Gasteiger partial charge on any atom is 0.253 e. The Labute approximate surface area is 168 Å². The molecule has 0 bridgehead atoms. The molecule has 2 N–H and O–H groups in total. The first-order valence-corrected chi connectivity index (χ1v) is 9.39. The summed E-state index contributed by atoms with van der Waals surface area (Å²) in [6.07, 6.45) is 1.59. The molecule has 2 rings (SSSR count). The van der Waals surface area contributed by atoms with Crippen LogP contribution >= 0.6 is 23.2 Å². The molecular formula is C19H22Cl2N4O2. The summed E-state index contributed by atoms with van der Waals surface area (Å²) in [5, 5.41) is 5.77. The summed E-state index contributed by atoms with van der Waals surface area (Å²) < 4.78 is 0. The molecule has 0 spiro atoms. The number of halogens is 2. The molecule has 0 saturated heterocycles. The van der Waals surface area contributed by atoms with E-state index in [1.165, 1.54) is 0 Å². The summed E-state index contributed by atoms with van der Waals surface area (Å²) >= 11 is 12.0. The van der Waals surface area contributed by atoms with Crippen LogP contribution in [-0.4, -0.2) is 35.9 Å². The van der Waals surface area contributed by atoms with Crippen LogP contribution in [0.3, 0.4) is 0 Å². The van der Waals surface area contributed by atoms with Crippen LogP contribution in [0.15, 0.2) is 36.5 Å². The molecular weight excluding hydrogens is 387 g/mol. The van der Waals surface area contributed by atoms with E-state index in [-0.39, 0.29) is 21.5 Å². The van der Waals surface area contributed by atoms with Gasteiger partial charge in [-0.15, -0.1) is 0 Å². The van der Waals surface area contributed by atoms with Crippen LogP contribution in [0.4, 0.5) is 11.5 Å². The van der Waals surface area contributed by atoms with Crippen LogP contribution in [0.1, 0.15) is 31.1 Å². The number of anilines is 2. The van der Waals surface area contributed by atoms with Gasteiger partial charge < -0.3 is 15.5 Å². The van der Waals surface area contributed by atoms with Crippen LogP contribution in [0, 0.1) is 0 Å². The largest absolute Gasteiger partial charge is 0.357 e. The summed E-state index contributed by atoms with van der Waals surface area (Å²) in [5.41, 5.74) is 0.770. The van der Waals surface area contributed by atoms with E-state index in [9.17, 15) is 9.59 Å². The predicted molar refractivity (Wildman–Crippen MR) is 110 cm³/mol. The lowest BCUT2D eigenvalue weighted by Crippen LogP contribution is -2.41. The highest BCUT2D eigenvalue weighted by Crippen LogP contribution is 2.25. The van der Waals surface area contributed by atoms with E-state index in [1.807, 2.05) is 6.07 Å². The molecule has 6 nitrogen and oxygen atoms in total. The smallest absolute Gasteiger partial charge is 0.253 e. The molecule has 144 valence electrons. The molecule has 2 aromatic rings. The highest BCUT2D eigenvalue weighted by molar-refractivity contribution is 6.43. The Morgan fingerprint density at radius 3 is 2.44 bits per heavy atom. The number of nitrogens with zero attached hydrogens (tertiary/aromatic N) is 2. The van der Waals surface area contributed by atoms with Crippen LogP contribution in [0.25, 0.3) is 0 Å². The fraction of sp³-hybridized carbons (Fsp3) is 0.316. The summed E-state index contributed by atoms with van der Waals surface area (Å²) in [7, 11) is 0. The Kier molecular flexibility index (Phi) is 7.45. The van der Waals surface area contributed by atoms with Crippen molar-refractivity contribution < 1.29 is 9.59 Å². The normalized spacial score (nSPS) is 11.6. The maximum atomic E-state index is 12.3. The molecule has 0 aliphatic rings. The van der Waals surface area contributed by atoms with E-state index in [2.05, 4.69) is 34.4 Å². The number of pyridine rings is 1. The van der Waals surface area contributed by atoms with Gasteiger partial charge in [0.25, 0.3) is 5.91 Å². The zero-order chi connectivity index (χ0) is 20.0. The number of hydrogen-bond acceptors (Lipinski definition) is 4. The fourth-order valence-corrected chi connectivity index (χ4v) is 2.85. The van der Waals surface area contributed by atoms with Crippen LogP contribution in [0.2, 0.25) is 10.0 Å². The van der Waals surface area contributed by atoms with Crippen molar-refractivity contribution in [3.05, 3.63) is 52.1 Å². The molecule has 1 aromatic heterocycles. The molecule has 1 heterocycles. The molecule has 2 amide bonds. The van der Waals surface area contributed by atoms with Gasteiger partial charge in [-0.3, -0.25) is 9.59 Å². The Morgan fingerprint density at radius 2 is 1.85 bits per heavy atom. The number of benzene rings is 1. The lowest BCUT2D eigenvalue weighted by molar-refractivity contribution is -0.117. The van der Waals surface area contributed by atoms with E-state index in [0.29, 0.717) is 5.69 Å². The van der Waals surface area contributed by atoms with Gasteiger partial charge in [-0.25, -0.2) is 4.98 Å². The molecule has 8 heteroatoms. The Hall–Kier alpha value is -2.31. The minimum atomic E-state index is -0.769. The third-order valence-electron chi connectivity index (χ3n) is 4.04. The average molecular weight is 409 g/mol. The summed E-state index contributed by atoms with van der Waals surface area (Å²) in [5.74, 6) is 0.00833. The van der Waals surface area contributed by atoms with Gasteiger partial charge in [-0.05, 0) is 45.0 Å². The van der Waals surface area contributed by atoms with Crippen molar-refractivity contribution >= 4 is 46.5 Å². The van der Waals surface area contributed by atoms with E-state index < -0.39 is 11.9 Å². The van der Waals surface area contributed by atoms with Crippen molar-refractivity contribution in [1.29, 1.82) is 0 Å². The monoisotopic (exact) mass is 408 g/mol. The molecule has 1 aromatic carbocycles. The van der Waals surface area contributed by atoms with Crippen LogP contribution < -0.4 is 15.5 Å². The van der Waals surface area contributed by atoms with Gasteiger partial charge in [0, 0.05) is 13.1 Å². The van der Waals surface area contributed by atoms with Crippen molar-refractivity contribution in [1.82, 2.24) is 10.3 Å². The fourth-order valence-electron chi connectivity index (χ4n) is 2.46. The first-order chi connectivity index (χ1) is 12.9. The Bertz CT molecular complexity index is 808. The summed E-state index contributed by atoms with van der Waals surface area (Å²) in [6.45, 7) is 7.40. The van der Waals surface area contributed by atoms with E-state index in [1.54, 1.807) is 37.4 Å². The van der Waals surface area contributed by atoms with Crippen LogP contribution in [-0.2, 0) is 4.79 Å². The van der Waals surface area contributed by atoms with Gasteiger partial charge in [0.15, 0.2) is 0 Å². The number of carbonyl (C=O) groups is 2. The highest BCUT2D eigenvalue weighted by atomic mass is 35.5. The Balaban J connectivity index is 1.99. The summed E-state index contributed by atoms with van der Waals surface area (Å²) in [4.78, 5) is 31.1. The number of hydrogen-bond donors (Lipinski definition) is 2. The molecule has 0 aliphatic heterocycles. The molecule has 0 fully saturated rings. The number of nitrogens with one attached hydrogen (secondary N) is 2. The zero-order valence-electron chi connectivity index (χ0n) is 15.4. The van der Waals surface area contributed by atoms with E-state index in [4.69, 9.17) is 23.2 Å². The minimum Gasteiger partial charge on any atom is -0.357 e. The lowest BCUT2D eigenvalue weighted by atomic mass is 10.2. The zero-order valence-corrected chi connectivity index (χ0v) is 16.9. The first-order valence-electron chi connectivity index (χ1n) is 8.64. The second kappa shape index (κ2) is 9.58. The lowest BCUT2D eigenvalue weighted by Gasteiger charge is -2.20. The number of amides is 2. The number of rotatable bonds is 7. The van der Waals surface area contributed by atoms with Crippen LogP contribution in [0.5, 0.6) is 0 Å². The van der Waals surface area contributed by atoms with E-state index >= 15 is 0 Å². The van der Waals surface area contributed by atoms with Gasteiger partial charge in [0.2, 0.25) is 5.91 Å². The van der Waals surface area contributed by atoms with Gasteiger partial charge >= 0.3 is 0 Å². The van der Waals surface area contributed by atoms with Crippen molar-refractivity contribution in [3.63, 3.8) is 0 Å². The number of carbonyl (C=O) groups excluding carboxylic acids is 2. The second-order valence-electron chi connectivity index (χ2n) is 5.86. The van der Waals surface area contributed by atoms with Gasteiger partial charge in [-0.1, -0.05) is 29.3 Å². The average Bonchev–Trinajstić information content (AvgIpc) is 2.66. The molecule has 0 aliphatic carbocycles. The minimum absolute atomic E-state index is 0.153. The van der Waals surface area contributed by atoms with E-state index in [0.717, 1.165) is 18.9 Å². The summed E-state index contributed by atoms with van der Waals surface area (Å²) in [6, 6.07) is 7.61. The van der Waals surface area contributed by atoms with Gasteiger partial charge in [-0.2, -0.15) is 0 Å². The van der Waals surface area contributed by atoms with Gasteiger partial charge in [0.1, 0.15) is 11.9 Å². The topological polar surface area (TPSA) is 74.3 Å². The number of aromatic nitrogens is 1. The van der Waals surface area contributed by atoms with Crippen molar-refractivity contribution in [2.45, 2.75) is 26.8 Å². The maximum absolute atomic E-state index is 12.3. The second-order valence-corrected chi connectivity index (χ2v) is 6.65. The predicted octanol–water partition coefficient (Wildman–Crippen LogP) is 3.99. The Morgan fingerprint density at radius 1 is 1.15 bits per heavy atom. The quantitative estimate of drug-likeness (QED) is 0.725.